The SMILES string of the molecule is COC(=O)[C@H](Cc1ccc(NC(=O)c2c(Cl)cncc2Cl)cc1)NC(=O)[C@H]1N(S(=O)(=O)c2cccc(Cl)c2)CCC1(C)C. The average molecular weight is 668 g/mol. The number of anilines is 1. The number of nitrogens with one attached hydrogen (secondary N) is 2. The summed E-state index contributed by atoms with van der Waals surface area (Å²) in [5, 5.41) is 5.86. The van der Waals surface area contributed by atoms with Gasteiger partial charge in [-0.3, -0.25) is 14.6 Å². The van der Waals surface area contributed by atoms with Crippen LogP contribution in [-0.2, 0) is 30.8 Å². The number of ether oxygens (including phenoxy) is 1. The Morgan fingerprint density at radius 1 is 1.07 bits per heavy atom. The molecule has 2 amide bonds. The quantitative estimate of drug-likeness (QED) is 0.307. The van der Waals surface area contributed by atoms with E-state index in [-0.39, 0.29) is 38.5 Å². The largest absolute Gasteiger partial charge is 0.467 e. The molecular formula is C29H29Cl3N4O6S. The monoisotopic (exact) mass is 666 g/mol. The molecule has 3 aromatic rings. The van der Waals surface area contributed by atoms with Gasteiger partial charge in [0, 0.05) is 36.1 Å². The normalized spacial score (nSPS) is 17.2. The van der Waals surface area contributed by atoms with E-state index in [1.807, 2.05) is 0 Å². The summed E-state index contributed by atoms with van der Waals surface area (Å²) in [7, 11) is -2.87. The summed E-state index contributed by atoms with van der Waals surface area (Å²) in [5.41, 5.74) is 0.433. The minimum Gasteiger partial charge on any atom is -0.467 e. The number of methoxy groups -OCH3 is 1. The van der Waals surface area contributed by atoms with Crippen LogP contribution in [0.2, 0.25) is 15.1 Å². The molecule has 1 aromatic heterocycles. The first-order valence-electron chi connectivity index (χ1n) is 13.1. The maximum atomic E-state index is 13.7. The van der Waals surface area contributed by atoms with Gasteiger partial charge in [-0.1, -0.05) is 66.8 Å². The smallest absolute Gasteiger partial charge is 0.328 e. The van der Waals surface area contributed by atoms with E-state index in [0.717, 1.165) is 4.31 Å². The number of amides is 2. The van der Waals surface area contributed by atoms with Crippen molar-refractivity contribution in [3.05, 3.63) is 87.1 Å². The molecule has 0 saturated carbocycles. The van der Waals surface area contributed by atoms with E-state index in [2.05, 4.69) is 15.6 Å². The van der Waals surface area contributed by atoms with E-state index in [1.165, 1.54) is 37.7 Å². The predicted molar refractivity (Wildman–Crippen MR) is 164 cm³/mol. The average Bonchev–Trinajstić information content (AvgIpc) is 3.28. The Balaban J connectivity index is 1.51. The maximum Gasteiger partial charge on any atom is 0.328 e. The molecule has 228 valence electrons. The van der Waals surface area contributed by atoms with Gasteiger partial charge in [0.1, 0.15) is 12.1 Å². The Bertz CT molecular complexity index is 1630. The van der Waals surface area contributed by atoms with Crippen molar-refractivity contribution in [1.29, 1.82) is 0 Å². The number of hydrogen-bond donors (Lipinski definition) is 2. The van der Waals surface area contributed by atoms with Crippen LogP contribution in [0.5, 0.6) is 0 Å². The number of halogens is 3. The van der Waals surface area contributed by atoms with E-state index in [1.54, 1.807) is 44.2 Å². The fourth-order valence-electron chi connectivity index (χ4n) is 4.93. The molecule has 0 unspecified atom stereocenters. The summed E-state index contributed by atoms with van der Waals surface area (Å²) >= 11 is 18.2. The number of nitrogens with zero attached hydrogens (tertiary/aromatic N) is 2. The molecule has 2 N–H and O–H groups in total. The summed E-state index contributed by atoms with van der Waals surface area (Å²) in [6.45, 7) is 3.72. The van der Waals surface area contributed by atoms with E-state index in [9.17, 15) is 22.8 Å². The van der Waals surface area contributed by atoms with Gasteiger partial charge < -0.3 is 15.4 Å². The van der Waals surface area contributed by atoms with Crippen LogP contribution in [-0.4, -0.2) is 61.2 Å². The molecule has 0 radical (unpaired) electrons. The lowest BCUT2D eigenvalue weighted by Crippen LogP contribution is -2.55. The van der Waals surface area contributed by atoms with Gasteiger partial charge in [-0.05, 0) is 47.7 Å². The van der Waals surface area contributed by atoms with Crippen molar-refractivity contribution in [1.82, 2.24) is 14.6 Å². The molecule has 2 atom stereocenters. The summed E-state index contributed by atoms with van der Waals surface area (Å²) in [4.78, 5) is 42.9. The van der Waals surface area contributed by atoms with Crippen LogP contribution in [0, 0.1) is 5.41 Å². The second-order valence-corrected chi connectivity index (χ2v) is 13.8. The molecule has 4 rings (SSSR count). The molecule has 1 saturated heterocycles. The molecular weight excluding hydrogens is 639 g/mol. The van der Waals surface area contributed by atoms with Gasteiger partial charge in [0.05, 0.1) is 27.6 Å². The minimum atomic E-state index is -4.07. The molecule has 0 aliphatic carbocycles. The summed E-state index contributed by atoms with van der Waals surface area (Å²) < 4.78 is 33.2. The summed E-state index contributed by atoms with van der Waals surface area (Å²) in [6, 6.07) is 10.2. The Morgan fingerprint density at radius 2 is 1.72 bits per heavy atom. The van der Waals surface area contributed by atoms with Crippen LogP contribution < -0.4 is 10.6 Å². The van der Waals surface area contributed by atoms with Gasteiger partial charge in [-0.15, -0.1) is 0 Å². The number of pyridine rings is 1. The summed E-state index contributed by atoms with van der Waals surface area (Å²) in [6.07, 6.45) is 3.09. The van der Waals surface area contributed by atoms with Crippen molar-refractivity contribution in [2.24, 2.45) is 5.41 Å². The molecule has 10 nitrogen and oxygen atoms in total. The van der Waals surface area contributed by atoms with Crippen LogP contribution >= 0.6 is 34.8 Å². The Labute approximate surface area is 264 Å². The van der Waals surface area contributed by atoms with Crippen LogP contribution in [0.1, 0.15) is 36.2 Å². The van der Waals surface area contributed by atoms with E-state index >= 15 is 0 Å². The molecule has 14 heteroatoms. The number of aromatic nitrogens is 1. The van der Waals surface area contributed by atoms with Crippen LogP contribution in [0.4, 0.5) is 5.69 Å². The first kappa shape index (κ1) is 32.7. The zero-order valence-corrected chi connectivity index (χ0v) is 26.5. The molecule has 2 heterocycles. The number of rotatable bonds is 9. The lowest BCUT2D eigenvalue weighted by Gasteiger charge is -2.32. The van der Waals surface area contributed by atoms with Crippen LogP contribution in [0.3, 0.4) is 0 Å². The Hall–Kier alpha value is -3.22. The maximum absolute atomic E-state index is 13.7. The zero-order valence-electron chi connectivity index (χ0n) is 23.4. The molecule has 0 spiro atoms. The highest BCUT2D eigenvalue weighted by molar-refractivity contribution is 7.89. The van der Waals surface area contributed by atoms with Gasteiger partial charge in [0.15, 0.2) is 0 Å². The van der Waals surface area contributed by atoms with Crippen molar-refractivity contribution in [3.63, 3.8) is 0 Å². The molecule has 0 bridgehead atoms. The van der Waals surface area contributed by atoms with Gasteiger partial charge in [-0.2, -0.15) is 4.31 Å². The first-order chi connectivity index (χ1) is 20.2. The fourth-order valence-corrected chi connectivity index (χ4v) is 7.51. The molecule has 43 heavy (non-hydrogen) atoms. The van der Waals surface area contributed by atoms with Crippen molar-refractivity contribution < 1.29 is 27.5 Å². The molecule has 1 fully saturated rings. The van der Waals surface area contributed by atoms with E-state index in [0.29, 0.717) is 17.7 Å². The molecule has 1 aliphatic heterocycles. The lowest BCUT2D eigenvalue weighted by atomic mass is 9.84. The molecule has 2 aromatic carbocycles. The third-order valence-electron chi connectivity index (χ3n) is 7.19. The summed E-state index contributed by atoms with van der Waals surface area (Å²) in [5.74, 6) is -1.85. The highest BCUT2D eigenvalue weighted by atomic mass is 35.5. The van der Waals surface area contributed by atoms with Crippen molar-refractivity contribution in [2.45, 2.75) is 43.7 Å². The highest BCUT2D eigenvalue weighted by Gasteiger charge is 2.50. The topological polar surface area (TPSA) is 135 Å². The fraction of sp³-hybridized carbons (Fsp3) is 0.310. The van der Waals surface area contributed by atoms with Gasteiger partial charge in [0.25, 0.3) is 5.91 Å². The standard InChI is InChI=1S/C29H29Cl3N4O6S/c1-29(2)11-12-36(43(40,41)20-6-4-5-18(30)14-20)25(29)27(38)35-23(28(39)42-3)13-17-7-9-19(10-8-17)34-26(37)24-21(31)15-33-16-22(24)32/h4-10,14-16,23,25H,11-13H2,1-3H3,(H,34,37)(H,35,38)/t23-,25+/m0/s1. The first-order valence-corrected chi connectivity index (χ1v) is 15.7. The highest BCUT2D eigenvalue weighted by Crippen LogP contribution is 2.40. The van der Waals surface area contributed by atoms with Gasteiger partial charge >= 0.3 is 5.97 Å². The zero-order chi connectivity index (χ0) is 31.5. The predicted octanol–water partition coefficient (Wildman–Crippen LogP) is 4.98. The number of sulfonamides is 1. The van der Waals surface area contributed by atoms with Crippen LogP contribution in [0.15, 0.2) is 65.8 Å². The molecule has 1 aliphatic rings. The third-order valence-corrected chi connectivity index (χ3v) is 9.86. The van der Waals surface area contributed by atoms with E-state index < -0.39 is 45.3 Å². The second kappa shape index (κ2) is 13.2. The van der Waals surface area contributed by atoms with Gasteiger partial charge in [-0.25, -0.2) is 13.2 Å². The number of carbonyl (C=O) groups excluding carboxylic acids is 3. The number of carbonyl (C=O) groups is 3. The number of hydrogen-bond acceptors (Lipinski definition) is 7. The van der Waals surface area contributed by atoms with E-state index in [4.69, 9.17) is 39.5 Å². The Kier molecular flexibility index (Phi) is 10.0. The Morgan fingerprint density at radius 3 is 2.33 bits per heavy atom. The number of benzene rings is 2. The van der Waals surface area contributed by atoms with Crippen molar-refractivity contribution in [3.8, 4) is 0 Å². The second-order valence-electron chi connectivity index (χ2n) is 10.6. The minimum absolute atomic E-state index is 0.0272. The lowest BCUT2D eigenvalue weighted by molar-refractivity contribution is -0.145. The number of esters is 1. The van der Waals surface area contributed by atoms with Crippen molar-refractivity contribution in [2.75, 3.05) is 19.0 Å². The van der Waals surface area contributed by atoms with Gasteiger partial charge in [0.2, 0.25) is 15.9 Å². The van der Waals surface area contributed by atoms with Crippen LogP contribution in [0.25, 0.3) is 0 Å². The van der Waals surface area contributed by atoms with Crippen molar-refractivity contribution >= 4 is 68.3 Å². The third kappa shape index (κ3) is 7.30.